The van der Waals surface area contributed by atoms with Gasteiger partial charge >= 0.3 is 0 Å². The summed E-state index contributed by atoms with van der Waals surface area (Å²) in [6.45, 7) is 0. The van der Waals surface area contributed by atoms with E-state index in [1.165, 1.54) is 5.39 Å². The summed E-state index contributed by atoms with van der Waals surface area (Å²) in [5, 5.41) is 2.31. The average Bonchev–Trinajstić information content (AvgIpc) is 3.17. The first-order valence-electron chi connectivity index (χ1n) is 16.1. The molecule has 0 radical (unpaired) electrons. The van der Waals surface area contributed by atoms with Gasteiger partial charge in [-0.1, -0.05) is 158 Å². The van der Waals surface area contributed by atoms with E-state index < -0.39 is 5.41 Å². The molecule has 0 saturated carbocycles. The van der Waals surface area contributed by atoms with E-state index in [2.05, 4.69) is 133 Å². The number of nitrogens with zero attached hydrogens (tertiary/aromatic N) is 3. The van der Waals surface area contributed by atoms with Gasteiger partial charge in [-0.15, -0.1) is 0 Å². The van der Waals surface area contributed by atoms with Crippen LogP contribution in [-0.4, -0.2) is 15.0 Å². The molecule has 1 aliphatic rings. The molecule has 0 amide bonds. The van der Waals surface area contributed by atoms with Crippen LogP contribution >= 0.6 is 0 Å². The SMILES string of the molecule is c1ccc(-c2nc(-c3ccc4ccccc4c3)nc(-c3ccccc3C3(c4ccccc4)c4ccccc4Oc4ccccc43)n2)cc1. The first-order valence-corrected chi connectivity index (χ1v) is 16.1. The van der Waals surface area contributed by atoms with Crippen molar-refractivity contribution in [2.24, 2.45) is 0 Å². The highest BCUT2D eigenvalue weighted by molar-refractivity contribution is 5.87. The minimum absolute atomic E-state index is 0.611. The van der Waals surface area contributed by atoms with Gasteiger partial charge in [-0.3, -0.25) is 0 Å². The van der Waals surface area contributed by atoms with Crippen molar-refractivity contribution in [1.29, 1.82) is 0 Å². The molecule has 4 nitrogen and oxygen atoms in total. The van der Waals surface area contributed by atoms with E-state index in [0.29, 0.717) is 17.5 Å². The molecular formula is C44H29N3O. The van der Waals surface area contributed by atoms with E-state index in [-0.39, 0.29) is 0 Å². The van der Waals surface area contributed by atoms with Crippen LogP contribution in [0.5, 0.6) is 11.5 Å². The summed E-state index contributed by atoms with van der Waals surface area (Å²) in [6.07, 6.45) is 0. The van der Waals surface area contributed by atoms with Crippen molar-refractivity contribution in [1.82, 2.24) is 15.0 Å². The molecule has 2 heterocycles. The Hall–Kier alpha value is -6.39. The van der Waals surface area contributed by atoms with Gasteiger partial charge in [0.25, 0.3) is 0 Å². The second kappa shape index (κ2) is 11.4. The lowest BCUT2D eigenvalue weighted by molar-refractivity contribution is 0.434. The Morgan fingerprint density at radius 1 is 0.375 bits per heavy atom. The molecule has 48 heavy (non-hydrogen) atoms. The molecule has 9 rings (SSSR count). The molecule has 0 unspecified atom stereocenters. The molecule has 0 spiro atoms. The number of para-hydroxylation sites is 2. The maximum atomic E-state index is 6.57. The second-order valence-corrected chi connectivity index (χ2v) is 12.0. The molecule has 0 aliphatic carbocycles. The molecule has 0 bridgehead atoms. The summed E-state index contributed by atoms with van der Waals surface area (Å²) in [7, 11) is 0. The van der Waals surface area contributed by atoms with Crippen LogP contribution in [0.15, 0.2) is 176 Å². The molecule has 1 aliphatic heterocycles. The number of hydrogen-bond donors (Lipinski definition) is 0. The second-order valence-electron chi connectivity index (χ2n) is 12.0. The lowest BCUT2D eigenvalue weighted by Gasteiger charge is -2.42. The van der Waals surface area contributed by atoms with Crippen LogP contribution in [0.4, 0.5) is 0 Å². The third kappa shape index (κ3) is 4.50. The zero-order valence-corrected chi connectivity index (χ0v) is 26.0. The predicted molar refractivity (Wildman–Crippen MR) is 192 cm³/mol. The van der Waals surface area contributed by atoms with Crippen molar-refractivity contribution in [3.8, 4) is 45.7 Å². The highest BCUT2D eigenvalue weighted by Crippen LogP contribution is 2.56. The molecule has 0 N–H and O–H groups in total. The Morgan fingerprint density at radius 3 is 1.60 bits per heavy atom. The van der Waals surface area contributed by atoms with Crippen molar-refractivity contribution in [2.75, 3.05) is 0 Å². The van der Waals surface area contributed by atoms with Crippen molar-refractivity contribution in [3.63, 3.8) is 0 Å². The first kappa shape index (κ1) is 27.9. The van der Waals surface area contributed by atoms with Crippen LogP contribution in [0, 0.1) is 0 Å². The van der Waals surface area contributed by atoms with Crippen molar-refractivity contribution < 1.29 is 4.74 Å². The number of benzene rings is 7. The summed E-state index contributed by atoms with van der Waals surface area (Å²) in [5.74, 6) is 3.51. The van der Waals surface area contributed by atoms with Crippen molar-refractivity contribution in [3.05, 3.63) is 198 Å². The third-order valence-electron chi connectivity index (χ3n) is 9.26. The summed E-state index contributed by atoms with van der Waals surface area (Å²) < 4.78 is 6.57. The maximum absolute atomic E-state index is 6.57. The largest absolute Gasteiger partial charge is 0.457 e. The maximum Gasteiger partial charge on any atom is 0.164 e. The van der Waals surface area contributed by atoms with Gasteiger partial charge in [0.2, 0.25) is 0 Å². The molecule has 1 aromatic heterocycles. The number of fused-ring (bicyclic) bond motifs is 3. The molecule has 7 aromatic carbocycles. The summed E-state index contributed by atoms with van der Waals surface area (Å²) in [6, 6.07) is 60.8. The van der Waals surface area contributed by atoms with Gasteiger partial charge in [0.05, 0.1) is 5.41 Å². The van der Waals surface area contributed by atoms with Crippen LogP contribution in [0.3, 0.4) is 0 Å². The van der Waals surface area contributed by atoms with E-state index in [4.69, 9.17) is 19.7 Å². The van der Waals surface area contributed by atoms with Crippen LogP contribution in [0.2, 0.25) is 0 Å². The van der Waals surface area contributed by atoms with Gasteiger partial charge in [-0.05, 0) is 40.1 Å². The average molecular weight is 616 g/mol. The van der Waals surface area contributed by atoms with Gasteiger partial charge in [-0.2, -0.15) is 0 Å². The number of ether oxygens (including phenoxy) is 1. The zero-order chi connectivity index (χ0) is 31.9. The van der Waals surface area contributed by atoms with Gasteiger partial charge in [-0.25, -0.2) is 15.0 Å². The van der Waals surface area contributed by atoms with Crippen LogP contribution in [0.1, 0.15) is 22.3 Å². The van der Waals surface area contributed by atoms with Gasteiger partial charge in [0.15, 0.2) is 17.5 Å². The summed E-state index contributed by atoms with van der Waals surface area (Å²) in [4.78, 5) is 15.5. The molecule has 4 heteroatoms. The van der Waals surface area contributed by atoms with Crippen LogP contribution in [0.25, 0.3) is 44.9 Å². The molecule has 0 saturated heterocycles. The Morgan fingerprint density at radius 2 is 0.896 bits per heavy atom. The number of hydrogen-bond acceptors (Lipinski definition) is 4. The number of rotatable bonds is 5. The normalized spacial score (nSPS) is 12.9. The quantitative estimate of drug-likeness (QED) is 0.193. The van der Waals surface area contributed by atoms with E-state index in [9.17, 15) is 0 Å². The van der Waals surface area contributed by atoms with Gasteiger partial charge < -0.3 is 4.74 Å². The van der Waals surface area contributed by atoms with Crippen molar-refractivity contribution >= 4 is 10.8 Å². The Bertz CT molecular complexity index is 2390. The summed E-state index contributed by atoms with van der Waals surface area (Å²) in [5.41, 5.74) is 6.40. The fourth-order valence-electron chi connectivity index (χ4n) is 7.11. The lowest BCUT2D eigenvalue weighted by atomic mass is 9.62. The topological polar surface area (TPSA) is 47.9 Å². The van der Waals surface area contributed by atoms with E-state index >= 15 is 0 Å². The van der Waals surface area contributed by atoms with Crippen LogP contribution in [-0.2, 0) is 5.41 Å². The summed E-state index contributed by atoms with van der Waals surface area (Å²) >= 11 is 0. The highest BCUT2D eigenvalue weighted by Gasteiger charge is 2.46. The van der Waals surface area contributed by atoms with E-state index in [0.717, 1.165) is 55.8 Å². The molecule has 8 aromatic rings. The molecule has 0 atom stereocenters. The minimum atomic E-state index is -0.716. The Labute approximate surface area is 279 Å². The smallest absolute Gasteiger partial charge is 0.164 e. The minimum Gasteiger partial charge on any atom is -0.457 e. The lowest BCUT2D eigenvalue weighted by Crippen LogP contribution is -2.34. The molecular weight excluding hydrogens is 587 g/mol. The van der Waals surface area contributed by atoms with Gasteiger partial charge in [0, 0.05) is 27.8 Å². The first-order chi connectivity index (χ1) is 23.8. The predicted octanol–water partition coefficient (Wildman–Crippen LogP) is 10.5. The fraction of sp³-hybridized carbons (Fsp3) is 0.0227. The standard InChI is InChI=1S/C44H29N3O/c1-3-16-31(17-4-1)41-45-42(33-28-27-30-15-7-8-18-32(30)29-33)47-43(46-41)35-21-9-10-22-36(35)44(34-19-5-2-6-20-34)37-23-11-13-25-39(37)48-40-26-14-12-24-38(40)44/h1-29H. The monoisotopic (exact) mass is 615 g/mol. The van der Waals surface area contributed by atoms with E-state index in [1.54, 1.807) is 0 Å². The van der Waals surface area contributed by atoms with E-state index in [1.807, 2.05) is 42.5 Å². The molecule has 226 valence electrons. The van der Waals surface area contributed by atoms with Crippen LogP contribution < -0.4 is 4.74 Å². The Balaban J connectivity index is 1.36. The highest BCUT2D eigenvalue weighted by atomic mass is 16.5. The van der Waals surface area contributed by atoms with Gasteiger partial charge in [0.1, 0.15) is 11.5 Å². The number of aromatic nitrogens is 3. The third-order valence-corrected chi connectivity index (χ3v) is 9.26. The van der Waals surface area contributed by atoms with Crippen molar-refractivity contribution in [2.45, 2.75) is 5.41 Å². The fourth-order valence-corrected chi connectivity index (χ4v) is 7.11. The Kier molecular flexibility index (Phi) is 6.65. The molecule has 0 fully saturated rings. The zero-order valence-electron chi connectivity index (χ0n) is 26.0.